The first kappa shape index (κ1) is 17.8. The number of nitrogens with one attached hydrogen (secondary N) is 1. The molecule has 1 heterocycles. The Balaban J connectivity index is 1.65. The van der Waals surface area contributed by atoms with Gasteiger partial charge in [-0.2, -0.15) is 11.8 Å². The Morgan fingerprint density at radius 2 is 2.09 bits per heavy atom. The summed E-state index contributed by atoms with van der Waals surface area (Å²) in [6.07, 6.45) is 1.23. The Morgan fingerprint density at radius 3 is 2.78 bits per heavy atom. The number of carbonyl (C=O) groups excluding carboxylic acids is 2. The highest BCUT2D eigenvalue weighted by Crippen LogP contribution is 2.19. The van der Waals surface area contributed by atoms with Gasteiger partial charge < -0.3 is 10.2 Å². The van der Waals surface area contributed by atoms with Crippen LogP contribution in [0.4, 0.5) is 4.39 Å². The third kappa shape index (κ3) is 5.53. The molecule has 2 rings (SSSR count). The van der Waals surface area contributed by atoms with Crippen LogP contribution in [-0.2, 0) is 15.3 Å². The molecule has 0 aromatic heterocycles. The number of likely N-dealkylation sites (tertiary alicyclic amines) is 1. The molecule has 6 heteroatoms. The van der Waals surface area contributed by atoms with Crippen molar-refractivity contribution in [2.24, 2.45) is 5.92 Å². The minimum atomic E-state index is -0.232. The van der Waals surface area contributed by atoms with Crippen molar-refractivity contribution < 1.29 is 14.0 Å². The van der Waals surface area contributed by atoms with Crippen LogP contribution < -0.4 is 5.32 Å². The lowest BCUT2D eigenvalue weighted by atomic mass is 10.1. The van der Waals surface area contributed by atoms with Gasteiger partial charge in [-0.15, -0.1) is 0 Å². The van der Waals surface area contributed by atoms with Crippen LogP contribution >= 0.6 is 11.8 Å². The molecule has 1 aromatic carbocycles. The lowest BCUT2D eigenvalue weighted by molar-refractivity contribution is -0.130. The maximum absolute atomic E-state index is 12.8. The number of nitrogens with zero attached hydrogens (tertiary/aromatic N) is 1. The monoisotopic (exact) mass is 338 g/mol. The number of hydrogen-bond acceptors (Lipinski definition) is 3. The van der Waals surface area contributed by atoms with Crippen molar-refractivity contribution in [2.45, 2.75) is 25.5 Å². The van der Waals surface area contributed by atoms with Crippen molar-refractivity contribution in [1.82, 2.24) is 10.2 Å². The van der Waals surface area contributed by atoms with Gasteiger partial charge in [-0.3, -0.25) is 9.59 Å². The molecule has 0 aliphatic carbocycles. The van der Waals surface area contributed by atoms with Gasteiger partial charge in [0.2, 0.25) is 11.8 Å². The Kier molecular flexibility index (Phi) is 6.89. The van der Waals surface area contributed by atoms with Crippen molar-refractivity contribution in [3.05, 3.63) is 35.6 Å². The van der Waals surface area contributed by atoms with Crippen LogP contribution in [0.15, 0.2) is 24.3 Å². The molecular weight excluding hydrogens is 315 g/mol. The third-order valence-corrected chi connectivity index (χ3v) is 4.94. The molecule has 2 amide bonds. The molecule has 1 aliphatic heterocycles. The first-order chi connectivity index (χ1) is 11.1. The fraction of sp³-hybridized carbons (Fsp3) is 0.529. The topological polar surface area (TPSA) is 49.4 Å². The minimum Gasteiger partial charge on any atom is -0.356 e. The molecule has 0 saturated carbocycles. The van der Waals surface area contributed by atoms with E-state index in [1.54, 1.807) is 28.8 Å². The summed E-state index contributed by atoms with van der Waals surface area (Å²) in [5, 5.41) is 2.81. The Bertz CT molecular complexity index is 536. The molecule has 1 fully saturated rings. The number of rotatable bonds is 7. The summed E-state index contributed by atoms with van der Waals surface area (Å²) in [6, 6.07) is 6.43. The summed E-state index contributed by atoms with van der Waals surface area (Å²) in [5.41, 5.74) is 1.06. The molecule has 1 N–H and O–H groups in total. The lowest BCUT2D eigenvalue weighted by Crippen LogP contribution is -2.34. The summed E-state index contributed by atoms with van der Waals surface area (Å²) >= 11 is 1.67. The van der Waals surface area contributed by atoms with E-state index < -0.39 is 0 Å². The molecule has 126 valence electrons. The van der Waals surface area contributed by atoms with Gasteiger partial charge in [0.15, 0.2) is 0 Å². The second kappa shape index (κ2) is 8.91. The first-order valence-electron chi connectivity index (χ1n) is 7.97. The van der Waals surface area contributed by atoms with Gasteiger partial charge in [0, 0.05) is 37.6 Å². The molecule has 1 saturated heterocycles. The van der Waals surface area contributed by atoms with Gasteiger partial charge in [-0.25, -0.2) is 4.39 Å². The minimum absolute atomic E-state index is 0.0495. The summed E-state index contributed by atoms with van der Waals surface area (Å²) in [5.74, 6) is 1.38. The zero-order chi connectivity index (χ0) is 16.7. The quantitative estimate of drug-likeness (QED) is 0.777. The van der Waals surface area contributed by atoms with Gasteiger partial charge in [0.05, 0.1) is 5.92 Å². The standard InChI is InChI=1S/C17H23FN2O2S/c1-2-19-17(22)14-7-9-20(11-14)16(21)8-10-23-12-13-3-5-15(18)6-4-13/h3-6,14H,2,7-12H2,1H3,(H,19,22). The van der Waals surface area contributed by atoms with Crippen LogP contribution in [0.3, 0.4) is 0 Å². The van der Waals surface area contributed by atoms with E-state index in [1.165, 1.54) is 12.1 Å². The number of thioether (sulfide) groups is 1. The molecule has 0 spiro atoms. The van der Waals surface area contributed by atoms with E-state index in [1.807, 2.05) is 6.92 Å². The highest BCUT2D eigenvalue weighted by atomic mass is 32.2. The van der Waals surface area contributed by atoms with Gasteiger partial charge in [0.25, 0.3) is 0 Å². The maximum atomic E-state index is 12.8. The SMILES string of the molecule is CCNC(=O)C1CCN(C(=O)CCSCc2ccc(F)cc2)C1. The van der Waals surface area contributed by atoms with E-state index in [4.69, 9.17) is 0 Å². The molecule has 0 radical (unpaired) electrons. The van der Waals surface area contributed by atoms with E-state index >= 15 is 0 Å². The normalized spacial score (nSPS) is 17.3. The van der Waals surface area contributed by atoms with Crippen LogP contribution in [0.1, 0.15) is 25.3 Å². The second-order valence-corrected chi connectivity index (χ2v) is 6.75. The van der Waals surface area contributed by atoms with Crippen molar-refractivity contribution >= 4 is 23.6 Å². The smallest absolute Gasteiger partial charge is 0.224 e. The van der Waals surface area contributed by atoms with Crippen molar-refractivity contribution in [3.63, 3.8) is 0 Å². The Labute approximate surface area is 140 Å². The summed E-state index contributed by atoms with van der Waals surface area (Å²) < 4.78 is 12.8. The van der Waals surface area contributed by atoms with Crippen LogP contribution in [-0.4, -0.2) is 42.1 Å². The largest absolute Gasteiger partial charge is 0.356 e. The lowest BCUT2D eigenvalue weighted by Gasteiger charge is -2.16. The molecule has 0 bridgehead atoms. The fourth-order valence-corrected chi connectivity index (χ4v) is 3.50. The van der Waals surface area contributed by atoms with E-state index in [0.29, 0.717) is 26.1 Å². The molecule has 1 aromatic rings. The van der Waals surface area contributed by atoms with Crippen LogP contribution in [0.5, 0.6) is 0 Å². The number of benzene rings is 1. The second-order valence-electron chi connectivity index (χ2n) is 5.65. The predicted octanol–water partition coefficient (Wildman–Crippen LogP) is 2.43. The number of halogens is 1. The number of amides is 2. The number of hydrogen-bond donors (Lipinski definition) is 1. The van der Waals surface area contributed by atoms with Gasteiger partial charge in [-0.1, -0.05) is 12.1 Å². The number of carbonyl (C=O) groups is 2. The zero-order valence-corrected chi connectivity index (χ0v) is 14.2. The zero-order valence-electron chi connectivity index (χ0n) is 13.4. The van der Waals surface area contributed by atoms with Crippen LogP contribution in [0.2, 0.25) is 0 Å². The van der Waals surface area contributed by atoms with Gasteiger partial charge in [0.1, 0.15) is 5.82 Å². The van der Waals surface area contributed by atoms with Crippen LogP contribution in [0, 0.1) is 11.7 Å². The van der Waals surface area contributed by atoms with E-state index in [2.05, 4.69) is 5.32 Å². The average molecular weight is 338 g/mol. The van der Waals surface area contributed by atoms with E-state index in [-0.39, 0.29) is 23.5 Å². The fourth-order valence-electron chi connectivity index (χ4n) is 2.61. The molecule has 4 nitrogen and oxygen atoms in total. The van der Waals surface area contributed by atoms with E-state index in [9.17, 15) is 14.0 Å². The van der Waals surface area contributed by atoms with Crippen LogP contribution in [0.25, 0.3) is 0 Å². The summed E-state index contributed by atoms with van der Waals surface area (Å²) in [7, 11) is 0. The molecule has 23 heavy (non-hydrogen) atoms. The van der Waals surface area contributed by atoms with E-state index in [0.717, 1.165) is 23.5 Å². The molecule has 1 unspecified atom stereocenters. The predicted molar refractivity (Wildman–Crippen MR) is 90.5 cm³/mol. The van der Waals surface area contributed by atoms with Crippen molar-refractivity contribution in [1.29, 1.82) is 0 Å². The Morgan fingerprint density at radius 1 is 1.35 bits per heavy atom. The molecule has 1 atom stereocenters. The van der Waals surface area contributed by atoms with Gasteiger partial charge >= 0.3 is 0 Å². The summed E-state index contributed by atoms with van der Waals surface area (Å²) in [4.78, 5) is 25.7. The Hall–Kier alpha value is -1.56. The maximum Gasteiger partial charge on any atom is 0.224 e. The average Bonchev–Trinajstić information content (AvgIpc) is 3.03. The van der Waals surface area contributed by atoms with Crippen molar-refractivity contribution in [2.75, 3.05) is 25.4 Å². The van der Waals surface area contributed by atoms with Gasteiger partial charge in [-0.05, 0) is 31.0 Å². The van der Waals surface area contributed by atoms with Crippen molar-refractivity contribution in [3.8, 4) is 0 Å². The molecular formula is C17H23FN2O2S. The highest BCUT2D eigenvalue weighted by Gasteiger charge is 2.30. The highest BCUT2D eigenvalue weighted by molar-refractivity contribution is 7.98. The third-order valence-electron chi connectivity index (χ3n) is 3.91. The first-order valence-corrected chi connectivity index (χ1v) is 9.13. The molecule has 1 aliphatic rings. The summed E-state index contributed by atoms with van der Waals surface area (Å²) in [6.45, 7) is 3.73.